The van der Waals surface area contributed by atoms with Gasteiger partial charge in [0.2, 0.25) is 5.66 Å². The van der Waals surface area contributed by atoms with Crippen molar-refractivity contribution in [3.8, 4) is 10.4 Å². The first-order chi connectivity index (χ1) is 13.0. The Hall–Kier alpha value is -2.53. The topological polar surface area (TPSA) is 92.4 Å². The molecule has 27 heavy (non-hydrogen) atoms. The van der Waals surface area contributed by atoms with Crippen LogP contribution >= 0.6 is 19.4 Å². The van der Waals surface area contributed by atoms with Crippen LogP contribution in [0.1, 0.15) is 34.9 Å². The van der Waals surface area contributed by atoms with Crippen molar-refractivity contribution in [2.45, 2.75) is 19.0 Å². The Morgan fingerprint density at radius 1 is 1.22 bits per heavy atom. The summed E-state index contributed by atoms with van der Waals surface area (Å²) in [5.74, 6) is -0.280. The molecule has 2 unspecified atom stereocenters. The minimum Gasteiger partial charge on any atom is -0.397 e. The van der Waals surface area contributed by atoms with E-state index in [1.165, 1.54) is 0 Å². The molecule has 0 aliphatic carbocycles. The van der Waals surface area contributed by atoms with Crippen LogP contribution in [0, 0.1) is 0 Å². The molecular weight excluding hydrogens is 379 g/mol. The Morgan fingerprint density at radius 3 is 2.56 bits per heavy atom. The summed E-state index contributed by atoms with van der Waals surface area (Å²) >= 11 is 1.62. The molecule has 7 heteroatoms. The number of benzene rings is 2. The van der Waals surface area contributed by atoms with E-state index in [1.807, 2.05) is 36.6 Å². The van der Waals surface area contributed by atoms with Gasteiger partial charge in [-0.1, -0.05) is 31.2 Å². The second-order valence-corrected chi connectivity index (χ2v) is 8.26. The molecule has 2 aromatic carbocycles. The summed E-state index contributed by atoms with van der Waals surface area (Å²) in [7, 11) is -2.30. The lowest BCUT2D eigenvalue weighted by molar-refractivity contribution is 0.102. The average molecular weight is 399 g/mol. The molecular formula is C20H20N2O3PS+. The number of carbonyl (C=O) groups excluding carboxylic acids is 1. The number of anilines is 2. The molecule has 4 N–H and O–H groups in total. The number of hydrogen-bond donors (Lipinski definition) is 3. The summed E-state index contributed by atoms with van der Waals surface area (Å²) in [5, 5.41) is 4.84. The first kappa shape index (κ1) is 19.2. The van der Waals surface area contributed by atoms with Crippen LogP contribution in [-0.4, -0.2) is 10.8 Å². The van der Waals surface area contributed by atoms with E-state index in [9.17, 15) is 14.3 Å². The van der Waals surface area contributed by atoms with Crippen LogP contribution in [0.5, 0.6) is 0 Å². The minimum atomic E-state index is -2.30. The molecule has 0 saturated heterocycles. The van der Waals surface area contributed by atoms with E-state index >= 15 is 0 Å². The second-order valence-electron chi connectivity index (χ2n) is 6.08. The molecule has 1 heterocycles. The molecule has 0 bridgehead atoms. The third kappa shape index (κ3) is 4.42. The molecule has 1 aromatic heterocycles. The highest BCUT2D eigenvalue weighted by atomic mass is 32.1. The Balaban J connectivity index is 1.79. The van der Waals surface area contributed by atoms with Crippen molar-refractivity contribution in [2.24, 2.45) is 0 Å². The lowest BCUT2D eigenvalue weighted by Crippen LogP contribution is -2.13. The van der Waals surface area contributed by atoms with Gasteiger partial charge in [0.05, 0.1) is 11.4 Å². The number of nitrogens with two attached hydrogens (primary N) is 1. The van der Waals surface area contributed by atoms with Gasteiger partial charge in [-0.15, -0.1) is 11.3 Å². The van der Waals surface area contributed by atoms with Gasteiger partial charge in [-0.05, 0) is 52.3 Å². The zero-order chi connectivity index (χ0) is 19.4. The van der Waals surface area contributed by atoms with Gasteiger partial charge in [0.15, 0.2) is 0 Å². The number of hydrogen-bond acceptors (Lipinski definition) is 4. The van der Waals surface area contributed by atoms with Crippen LogP contribution in [0.3, 0.4) is 0 Å². The van der Waals surface area contributed by atoms with Gasteiger partial charge in [0, 0.05) is 16.0 Å². The molecule has 2 atom stereocenters. The molecule has 0 spiro atoms. The zero-order valence-corrected chi connectivity index (χ0v) is 16.5. The van der Waals surface area contributed by atoms with E-state index < -0.39 is 13.7 Å². The van der Waals surface area contributed by atoms with Crippen molar-refractivity contribution in [3.63, 3.8) is 0 Å². The number of amides is 1. The fourth-order valence-corrected chi connectivity index (χ4v) is 4.29. The van der Waals surface area contributed by atoms with Crippen LogP contribution in [0.2, 0.25) is 0 Å². The van der Waals surface area contributed by atoms with Gasteiger partial charge in [-0.25, -0.2) is 0 Å². The predicted octanol–water partition coefficient (Wildman–Crippen LogP) is 5.44. The summed E-state index contributed by atoms with van der Waals surface area (Å²) in [6.45, 7) is 1.86. The van der Waals surface area contributed by atoms with E-state index in [0.717, 1.165) is 16.0 Å². The van der Waals surface area contributed by atoms with Gasteiger partial charge >= 0.3 is 8.03 Å². The Bertz CT molecular complexity index is 956. The third-order valence-corrected chi connectivity index (χ3v) is 6.43. The normalized spacial score (nSPS) is 12.4. The molecule has 5 nitrogen and oxygen atoms in total. The Kier molecular flexibility index (Phi) is 6.01. The van der Waals surface area contributed by atoms with Crippen LogP contribution in [0.4, 0.5) is 11.4 Å². The largest absolute Gasteiger partial charge is 0.513 e. The van der Waals surface area contributed by atoms with Gasteiger partial charge in [-0.3, -0.25) is 4.79 Å². The van der Waals surface area contributed by atoms with E-state index in [2.05, 4.69) is 5.32 Å². The van der Waals surface area contributed by atoms with Crippen molar-refractivity contribution in [1.82, 2.24) is 0 Å². The summed E-state index contributed by atoms with van der Waals surface area (Å²) in [5.41, 5.74) is 8.83. The minimum absolute atomic E-state index is 0.280. The average Bonchev–Trinajstić information content (AvgIpc) is 3.19. The standard InChI is InChI=1S/C20H19N2O3PS/c1-2-18(26(24)25)13-5-7-14(8-6-13)20(23)22-17-12-15(9-10-16(17)21)19-4-3-11-27-19/h3-12,18H,2,21H2,1H3,(H-,22,23,24,25)/p+1. The second kappa shape index (κ2) is 8.44. The Morgan fingerprint density at radius 2 is 1.96 bits per heavy atom. The number of rotatable bonds is 6. The van der Waals surface area contributed by atoms with Crippen LogP contribution in [-0.2, 0) is 4.57 Å². The fourth-order valence-electron chi connectivity index (χ4n) is 2.83. The molecule has 3 rings (SSSR count). The van der Waals surface area contributed by atoms with Gasteiger partial charge < -0.3 is 11.1 Å². The summed E-state index contributed by atoms with van der Waals surface area (Å²) in [6, 6.07) is 16.3. The van der Waals surface area contributed by atoms with E-state index in [1.54, 1.807) is 41.7 Å². The molecule has 0 saturated carbocycles. The summed E-state index contributed by atoms with van der Waals surface area (Å²) in [4.78, 5) is 23.1. The van der Waals surface area contributed by atoms with Crippen molar-refractivity contribution in [3.05, 3.63) is 71.1 Å². The zero-order valence-electron chi connectivity index (χ0n) is 14.8. The molecule has 138 valence electrons. The highest BCUT2D eigenvalue weighted by Crippen LogP contribution is 2.40. The molecule has 1 amide bonds. The first-order valence-corrected chi connectivity index (χ1v) is 10.7. The van der Waals surface area contributed by atoms with Gasteiger partial charge in [0.25, 0.3) is 5.91 Å². The molecule has 3 aromatic rings. The Labute approximate surface area is 162 Å². The van der Waals surface area contributed by atoms with Crippen molar-refractivity contribution in [1.29, 1.82) is 0 Å². The fraction of sp³-hybridized carbons (Fsp3) is 0.150. The van der Waals surface area contributed by atoms with Gasteiger partial charge in [-0.2, -0.15) is 4.89 Å². The lowest BCUT2D eigenvalue weighted by Gasteiger charge is -2.11. The lowest BCUT2D eigenvalue weighted by atomic mass is 10.1. The number of thiophene rings is 1. The van der Waals surface area contributed by atoms with E-state index in [0.29, 0.717) is 23.4 Å². The van der Waals surface area contributed by atoms with Crippen LogP contribution in [0.25, 0.3) is 10.4 Å². The van der Waals surface area contributed by atoms with Crippen molar-refractivity contribution < 1.29 is 14.3 Å². The van der Waals surface area contributed by atoms with Crippen LogP contribution < -0.4 is 11.1 Å². The number of carbonyl (C=O) groups is 1. The van der Waals surface area contributed by atoms with Crippen LogP contribution in [0.15, 0.2) is 60.0 Å². The molecule has 0 aliphatic rings. The molecule has 0 aliphatic heterocycles. The quantitative estimate of drug-likeness (QED) is 0.380. The maximum Gasteiger partial charge on any atom is 0.513 e. The smallest absolute Gasteiger partial charge is 0.397 e. The number of nitrogens with one attached hydrogen (secondary N) is 1. The molecule has 0 fully saturated rings. The summed E-state index contributed by atoms with van der Waals surface area (Å²) < 4.78 is 11.4. The SMILES string of the molecule is CCC(c1ccc(C(=O)Nc2cc(-c3cccs3)ccc2N)cc1)[P+](=O)O. The van der Waals surface area contributed by atoms with Crippen molar-refractivity contribution in [2.75, 3.05) is 11.1 Å². The summed E-state index contributed by atoms with van der Waals surface area (Å²) in [6.07, 6.45) is 0.559. The first-order valence-electron chi connectivity index (χ1n) is 8.49. The predicted molar refractivity (Wildman–Crippen MR) is 111 cm³/mol. The maximum absolute atomic E-state index is 12.6. The highest BCUT2D eigenvalue weighted by molar-refractivity contribution is 7.38. The highest BCUT2D eigenvalue weighted by Gasteiger charge is 2.28. The molecule has 0 radical (unpaired) electrons. The van der Waals surface area contributed by atoms with Crippen molar-refractivity contribution >= 4 is 36.6 Å². The number of nitrogen functional groups attached to an aromatic ring is 1. The maximum atomic E-state index is 12.6. The van der Waals surface area contributed by atoms with E-state index in [-0.39, 0.29) is 5.91 Å². The third-order valence-electron chi connectivity index (χ3n) is 4.32. The van der Waals surface area contributed by atoms with E-state index in [4.69, 9.17) is 5.73 Å². The van der Waals surface area contributed by atoms with Gasteiger partial charge in [0.1, 0.15) is 0 Å². The monoisotopic (exact) mass is 399 g/mol.